The number of aliphatic hydroxyl groups is 1. The van der Waals surface area contributed by atoms with E-state index in [-0.39, 0.29) is 0 Å². The second-order valence-corrected chi connectivity index (χ2v) is 6.80. The van der Waals surface area contributed by atoms with Crippen molar-refractivity contribution in [2.45, 2.75) is 57.0 Å². The van der Waals surface area contributed by atoms with Crippen molar-refractivity contribution >= 4 is 0 Å². The van der Waals surface area contributed by atoms with Crippen LogP contribution in [-0.4, -0.2) is 19.3 Å². The van der Waals surface area contributed by atoms with Crippen LogP contribution in [0.25, 0.3) is 0 Å². The minimum atomic E-state index is -0.770. The second-order valence-electron chi connectivity index (χ2n) is 6.80. The molecule has 1 spiro atoms. The molecule has 2 saturated carbocycles. The molecule has 3 heteroatoms. The molecule has 1 N–H and O–H groups in total. The molecule has 0 unspecified atom stereocenters. The third kappa shape index (κ3) is 2.64. The van der Waals surface area contributed by atoms with Gasteiger partial charge >= 0.3 is 0 Å². The van der Waals surface area contributed by atoms with Crippen LogP contribution in [0.2, 0.25) is 0 Å². The molecule has 0 saturated heterocycles. The summed E-state index contributed by atoms with van der Waals surface area (Å²) in [5.41, 5.74) is 0.628. The van der Waals surface area contributed by atoms with Crippen LogP contribution in [0.15, 0.2) is 18.2 Å². The lowest BCUT2D eigenvalue weighted by Crippen LogP contribution is -2.36. The average molecular weight is 290 g/mol. The van der Waals surface area contributed by atoms with Gasteiger partial charge in [-0.25, -0.2) is 0 Å². The Hall–Kier alpha value is -1.22. The molecule has 0 atom stereocenters. The van der Waals surface area contributed by atoms with E-state index in [4.69, 9.17) is 9.47 Å². The van der Waals surface area contributed by atoms with Gasteiger partial charge in [0, 0.05) is 5.56 Å². The van der Waals surface area contributed by atoms with E-state index in [0.29, 0.717) is 5.41 Å². The normalized spacial score (nSPS) is 23.2. The predicted octanol–water partition coefficient (Wildman–Crippen LogP) is 4.03. The van der Waals surface area contributed by atoms with Gasteiger partial charge in [-0.15, -0.1) is 0 Å². The van der Waals surface area contributed by atoms with E-state index in [1.54, 1.807) is 14.2 Å². The lowest BCUT2D eigenvalue weighted by molar-refractivity contribution is -0.0391. The SMILES string of the molecule is COc1ccc(OC)c(C2(O)CCC3(CCCC3)CC2)c1. The molecule has 2 aliphatic carbocycles. The van der Waals surface area contributed by atoms with Crippen molar-refractivity contribution < 1.29 is 14.6 Å². The van der Waals surface area contributed by atoms with Gasteiger partial charge < -0.3 is 14.6 Å². The first kappa shape index (κ1) is 14.7. The monoisotopic (exact) mass is 290 g/mol. The fourth-order valence-corrected chi connectivity index (χ4v) is 4.27. The van der Waals surface area contributed by atoms with E-state index in [2.05, 4.69) is 0 Å². The molecule has 0 radical (unpaired) electrons. The van der Waals surface area contributed by atoms with Crippen molar-refractivity contribution in [3.63, 3.8) is 0 Å². The van der Waals surface area contributed by atoms with Gasteiger partial charge in [-0.1, -0.05) is 12.8 Å². The Labute approximate surface area is 127 Å². The Morgan fingerprint density at radius 3 is 2.14 bits per heavy atom. The summed E-state index contributed by atoms with van der Waals surface area (Å²) in [6.07, 6.45) is 9.33. The molecule has 0 aliphatic heterocycles. The highest BCUT2D eigenvalue weighted by molar-refractivity contribution is 5.44. The molecule has 3 nitrogen and oxygen atoms in total. The van der Waals surface area contributed by atoms with Gasteiger partial charge in [0.05, 0.1) is 19.8 Å². The topological polar surface area (TPSA) is 38.7 Å². The Kier molecular flexibility index (Phi) is 3.87. The highest BCUT2D eigenvalue weighted by atomic mass is 16.5. The fourth-order valence-electron chi connectivity index (χ4n) is 4.27. The molecule has 0 bridgehead atoms. The van der Waals surface area contributed by atoms with Crippen molar-refractivity contribution in [2.75, 3.05) is 14.2 Å². The Morgan fingerprint density at radius 2 is 1.57 bits per heavy atom. The molecule has 0 aromatic heterocycles. The van der Waals surface area contributed by atoms with Crippen LogP contribution in [0.1, 0.15) is 56.9 Å². The summed E-state index contributed by atoms with van der Waals surface area (Å²) >= 11 is 0. The summed E-state index contributed by atoms with van der Waals surface area (Å²) < 4.78 is 10.8. The molecule has 3 rings (SSSR count). The Morgan fingerprint density at radius 1 is 0.905 bits per heavy atom. The van der Waals surface area contributed by atoms with Gasteiger partial charge in [-0.2, -0.15) is 0 Å². The predicted molar refractivity (Wildman–Crippen MR) is 82.8 cm³/mol. The molecular formula is C18H26O3. The lowest BCUT2D eigenvalue weighted by atomic mass is 9.66. The molecule has 2 aliphatic rings. The zero-order valence-corrected chi connectivity index (χ0v) is 13.2. The first-order valence-corrected chi connectivity index (χ1v) is 8.06. The van der Waals surface area contributed by atoms with Gasteiger partial charge in [0.15, 0.2) is 0 Å². The largest absolute Gasteiger partial charge is 0.497 e. The molecular weight excluding hydrogens is 264 g/mol. The minimum absolute atomic E-state index is 0.512. The van der Waals surface area contributed by atoms with Crippen LogP contribution in [0.4, 0.5) is 0 Å². The Bertz CT molecular complexity index is 493. The lowest BCUT2D eigenvalue weighted by Gasteiger charge is -2.42. The van der Waals surface area contributed by atoms with Crippen LogP contribution in [0.3, 0.4) is 0 Å². The van der Waals surface area contributed by atoms with Crippen LogP contribution in [0, 0.1) is 5.41 Å². The van der Waals surface area contributed by atoms with Crippen molar-refractivity contribution in [1.82, 2.24) is 0 Å². The number of hydrogen-bond acceptors (Lipinski definition) is 3. The van der Waals surface area contributed by atoms with Crippen LogP contribution in [0.5, 0.6) is 11.5 Å². The number of benzene rings is 1. The summed E-state index contributed by atoms with van der Waals surface area (Å²) in [4.78, 5) is 0. The molecule has 2 fully saturated rings. The maximum Gasteiger partial charge on any atom is 0.125 e. The molecule has 1 aromatic carbocycles. The van der Waals surface area contributed by atoms with Gasteiger partial charge in [0.25, 0.3) is 0 Å². The van der Waals surface area contributed by atoms with E-state index < -0.39 is 5.60 Å². The molecule has 0 heterocycles. The second kappa shape index (κ2) is 5.53. The summed E-state index contributed by atoms with van der Waals surface area (Å²) in [7, 11) is 3.32. The van der Waals surface area contributed by atoms with Crippen molar-refractivity contribution in [3.8, 4) is 11.5 Å². The van der Waals surface area contributed by atoms with Crippen LogP contribution >= 0.6 is 0 Å². The van der Waals surface area contributed by atoms with E-state index in [0.717, 1.165) is 42.7 Å². The standard InChI is InChI=1S/C18H26O3/c1-20-14-5-6-16(21-2)15(13-14)18(19)11-9-17(10-12-18)7-3-4-8-17/h5-6,13,19H,3-4,7-12H2,1-2H3. The van der Waals surface area contributed by atoms with Crippen LogP contribution < -0.4 is 9.47 Å². The zero-order valence-electron chi connectivity index (χ0n) is 13.2. The molecule has 1 aromatic rings. The van der Waals surface area contributed by atoms with Crippen molar-refractivity contribution in [1.29, 1.82) is 0 Å². The first-order chi connectivity index (χ1) is 10.1. The number of rotatable bonds is 3. The average Bonchev–Trinajstić information content (AvgIpc) is 2.99. The maximum atomic E-state index is 11.2. The van der Waals surface area contributed by atoms with E-state index in [1.165, 1.54) is 25.7 Å². The first-order valence-electron chi connectivity index (χ1n) is 8.06. The molecule has 21 heavy (non-hydrogen) atoms. The van der Waals surface area contributed by atoms with E-state index >= 15 is 0 Å². The molecule has 0 amide bonds. The number of hydrogen-bond donors (Lipinski definition) is 1. The van der Waals surface area contributed by atoms with Gasteiger partial charge in [-0.3, -0.25) is 0 Å². The quantitative estimate of drug-likeness (QED) is 0.913. The summed E-state index contributed by atoms with van der Waals surface area (Å²) in [6.45, 7) is 0. The third-order valence-corrected chi connectivity index (χ3v) is 5.71. The van der Waals surface area contributed by atoms with Gasteiger partial charge in [-0.05, 0) is 62.1 Å². The maximum absolute atomic E-state index is 11.2. The smallest absolute Gasteiger partial charge is 0.125 e. The van der Waals surface area contributed by atoms with Crippen molar-refractivity contribution in [2.24, 2.45) is 5.41 Å². The van der Waals surface area contributed by atoms with Gasteiger partial charge in [0.2, 0.25) is 0 Å². The van der Waals surface area contributed by atoms with Gasteiger partial charge in [0.1, 0.15) is 11.5 Å². The summed E-state index contributed by atoms with van der Waals surface area (Å²) in [6, 6.07) is 5.71. The fraction of sp³-hybridized carbons (Fsp3) is 0.667. The summed E-state index contributed by atoms with van der Waals surface area (Å²) in [5.74, 6) is 1.54. The highest BCUT2D eigenvalue weighted by Gasteiger charge is 2.44. The van der Waals surface area contributed by atoms with E-state index in [1.807, 2.05) is 18.2 Å². The third-order valence-electron chi connectivity index (χ3n) is 5.71. The minimum Gasteiger partial charge on any atom is -0.497 e. The zero-order chi connectivity index (χ0) is 14.9. The highest BCUT2D eigenvalue weighted by Crippen LogP contribution is 2.54. The number of ether oxygens (including phenoxy) is 2. The van der Waals surface area contributed by atoms with Crippen LogP contribution in [-0.2, 0) is 5.60 Å². The molecule has 116 valence electrons. The van der Waals surface area contributed by atoms with Crippen molar-refractivity contribution in [3.05, 3.63) is 23.8 Å². The number of methoxy groups -OCH3 is 2. The Balaban J connectivity index is 1.86. The van der Waals surface area contributed by atoms with E-state index in [9.17, 15) is 5.11 Å². The summed E-state index contributed by atoms with van der Waals surface area (Å²) in [5, 5.41) is 11.2.